The first-order valence-corrected chi connectivity index (χ1v) is 5.46. The number of nitrogens with one attached hydrogen (secondary N) is 1. The Morgan fingerprint density at radius 2 is 2.31 bits per heavy atom. The molecule has 0 aliphatic carbocycles. The van der Waals surface area contributed by atoms with Gasteiger partial charge in [-0.15, -0.1) is 0 Å². The Labute approximate surface area is 94.5 Å². The van der Waals surface area contributed by atoms with Crippen LogP contribution in [0.4, 0.5) is 5.82 Å². The van der Waals surface area contributed by atoms with E-state index in [1.807, 2.05) is 6.07 Å². The van der Waals surface area contributed by atoms with Gasteiger partial charge in [0.2, 0.25) is 0 Å². The van der Waals surface area contributed by atoms with Crippen molar-refractivity contribution in [2.75, 3.05) is 18.5 Å². The van der Waals surface area contributed by atoms with Crippen molar-refractivity contribution in [1.82, 2.24) is 9.97 Å². The van der Waals surface area contributed by atoms with E-state index in [1.165, 1.54) is 12.6 Å². The zero-order valence-corrected chi connectivity index (χ0v) is 9.02. The summed E-state index contributed by atoms with van der Waals surface area (Å²) in [6.07, 6.45) is 6.73. The van der Waals surface area contributed by atoms with E-state index in [0.717, 1.165) is 19.4 Å². The van der Waals surface area contributed by atoms with Gasteiger partial charge in [-0.05, 0) is 19.3 Å². The molecule has 0 amide bonds. The Morgan fingerprint density at radius 1 is 1.44 bits per heavy atom. The van der Waals surface area contributed by atoms with E-state index in [9.17, 15) is 0 Å². The van der Waals surface area contributed by atoms with Gasteiger partial charge in [0.05, 0.1) is 6.10 Å². The predicted octanol–water partition coefficient (Wildman–Crippen LogP) is 1.33. The van der Waals surface area contributed by atoms with Crippen LogP contribution in [0.3, 0.4) is 0 Å². The number of nitrogens with zero attached hydrogens (tertiary/aromatic N) is 3. The molecule has 0 saturated carbocycles. The molecule has 1 fully saturated rings. The summed E-state index contributed by atoms with van der Waals surface area (Å²) in [5.41, 5.74) is 0.332. The van der Waals surface area contributed by atoms with Crippen molar-refractivity contribution < 1.29 is 4.74 Å². The molecule has 1 saturated heterocycles. The number of nitriles is 1. The van der Waals surface area contributed by atoms with E-state index in [2.05, 4.69) is 15.3 Å². The molecule has 1 aromatic rings. The fourth-order valence-corrected chi connectivity index (χ4v) is 1.73. The molecule has 1 unspecified atom stereocenters. The lowest BCUT2D eigenvalue weighted by atomic mass is 10.1. The normalized spacial score (nSPS) is 20.1. The van der Waals surface area contributed by atoms with Crippen molar-refractivity contribution in [2.45, 2.75) is 25.4 Å². The average Bonchev–Trinajstić information content (AvgIpc) is 2.38. The minimum absolute atomic E-state index is 0.224. The number of anilines is 1. The summed E-state index contributed by atoms with van der Waals surface area (Å²) in [6.45, 7) is 1.52. The first-order valence-electron chi connectivity index (χ1n) is 5.46. The van der Waals surface area contributed by atoms with Crippen molar-refractivity contribution >= 4 is 5.82 Å². The van der Waals surface area contributed by atoms with Crippen molar-refractivity contribution in [3.8, 4) is 6.07 Å². The Bertz CT molecular complexity index is 382. The van der Waals surface area contributed by atoms with E-state index >= 15 is 0 Å². The lowest BCUT2D eigenvalue weighted by Crippen LogP contribution is -2.27. The second kappa shape index (κ2) is 5.42. The van der Waals surface area contributed by atoms with E-state index in [1.54, 1.807) is 6.20 Å². The van der Waals surface area contributed by atoms with Crippen LogP contribution in [0.25, 0.3) is 0 Å². The van der Waals surface area contributed by atoms with Crippen molar-refractivity contribution in [1.29, 1.82) is 5.26 Å². The third-order valence-corrected chi connectivity index (χ3v) is 2.58. The maximum absolute atomic E-state index is 8.83. The summed E-state index contributed by atoms with van der Waals surface area (Å²) in [5, 5.41) is 11.9. The molecule has 0 spiro atoms. The fourth-order valence-electron chi connectivity index (χ4n) is 1.73. The zero-order valence-electron chi connectivity index (χ0n) is 9.02. The smallest absolute Gasteiger partial charge is 0.182 e. The lowest BCUT2D eigenvalue weighted by molar-refractivity contribution is 0.0247. The highest BCUT2D eigenvalue weighted by atomic mass is 16.5. The van der Waals surface area contributed by atoms with Crippen molar-refractivity contribution in [3.63, 3.8) is 0 Å². The molecule has 5 nitrogen and oxygen atoms in total. The molecule has 1 aliphatic heterocycles. The van der Waals surface area contributed by atoms with Crippen molar-refractivity contribution in [2.24, 2.45) is 0 Å². The molecule has 2 heterocycles. The van der Waals surface area contributed by atoms with Gasteiger partial charge < -0.3 is 10.1 Å². The van der Waals surface area contributed by atoms with Crippen molar-refractivity contribution in [3.05, 3.63) is 18.1 Å². The summed E-state index contributed by atoms with van der Waals surface area (Å²) >= 11 is 0. The molecule has 1 atom stereocenters. The maximum atomic E-state index is 8.83. The van der Waals surface area contributed by atoms with Gasteiger partial charge in [-0.2, -0.15) is 5.26 Å². The Balaban J connectivity index is 1.91. The topological polar surface area (TPSA) is 70.8 Å². The van der Waals surface area contributed by atoms with E-state index in [-0.39, 0.29) is 6.10 Å². The number of hydrogen-bond donors (Lipinski definition) is 1. The molecule has 2 rings (SSSR count). The molecule has 0 aromatic carbocycles. The summed E-state index contributed by atoms with van der Waals surface area (Å²) in [5.74, 6) is 0.541. The molecule has 0 bridgehead atoms. The zero-order chi connectivity index (χ0) is 11.2. The van der Waals surface area contributed by atoms with Crippen LogP contribution in [0, 0.1) is 11.3 Å². The van der Waals surface area contributed by atoms with Crippen LogP contribution in [-0.2, 0) is 4.74 Å². The second-order valence-electron chi connectivity index (χ2n) is 3.73. The molecule has 5 heteroatoms. The van der Waals surface area contributed by atoms with Gasteiger partial charge in [-0.25, -0.2) is 9.97 Å². The monoisotopic (exact) mass is 218 g/mol. The maximum Gasteiger partial charge on any atom is 0.182 e. The summed E-state index contributed by atoms with van der Waals surface area (Å²) in [4.78, 5) is 8.02. The first kappa shape index (κ1) is 10.8. The first-order chi connectivity index (χ1) is 7.90. The fraction of sp³-hybridized carbons (Fsp3) is 0.545. The third-order valence-electron chi connectivity index (χ3n) is 2.58. The standard InChI is InChI=1S/C11H14N4O/c12-7-10-11(14-5-4-13-10)15-8-9-3-1-2-6-16-9/h4-5,9H,1-3,6,8H2,(H,14,15). The Hall–Kier alpha value is -1.67. The molecular weight excluding hydrogens is 204 g/mol. The number of hydrogen-bond acceptors (Lipinski definition) is 5. The molecule has 0 radical (unpaired) electrons. The van der Waals surface area contributed by atoms with Gasteiger partial charge in [0.15, 0.2) is 11.5 Å². The molecule has 1 aromatic heterocycles. The quantitative estimate of drug-likeness (QED) is 0.828. The summed E-state index contributed by atoms with van der Waals surface area (Å²) in [7, 11) is 0. The van der Waals surface area contributed by atoms with Gasteiger partial charge in [0.25, 0.3) is 0 Å². The largest absolute Gasteiger partial charge is 0.376 e. The van der Waals surface area contributed by atoms with Gasteiger partial charge >= 0.3 is 0 Å². The minimum Gasteiger partial charge on any atom is -0.376 e. The van der Waals surface area contributed by atoms with E-state index < -0.39 is 0 Å². The molecule has 84 valence electrons. The highest BCUT2D eigenvalue weighted by Crippen LogP contribution is 2.14. The van der Waals surface area contributed by atoms with E-state index in [4.69, 9.17) is 10.00 Å². The van der Waals surface area contributed by atoms with Crippen LogP contribution in [0.1, 0.15) is 25.0 Å². The minimum atomic E-state index is 0.224. The van der Waals surface area contributed by atoms with Crippen LogP contribution in [0.5, 0.6) is 0 Å². The van der Waals surface area contributed by atoms with Gasteiger partial charge in [0.1, 0.15) is 6.07 Å². The van der Waals surface area contributed by atoms with Gasteiger partial charge in [-0.1, -0.05) is 0 Å². The summed E-state index contributed by atoms with van der Waals surface area (Å²) < 4.78 is 5.58. The Kier molecular flexibility index (Phi) is 3.67. The highest BCUT2D eigenvalue weighted by molar-refractivity contribution is 5.46. The Morgan fingerprint density at radius 3 is 3.06 bits per heavy atom. The van der Waals surface area contributed by atoms with Crippen LogP contribution in [-0.4, -0.2) is 29.2 Å². The second-order valence-corrected chi connectivity index (χ2v) is 3.73. The van der Waals surface area contributed by atoms with Crippen LogP contribution < -0.4 is 5.32 Å². The number of rotatable bonds is 3. The van der Waals surface area contributed by atoms with Gasteiger partial charge in [-0.3, -0.25) is 0 Å². The van der Waals surface area contributed by atoms with E-state index in [0.29, 0.717) is 18.1 Å². The SMILES string of the molecule is N#Cc1nccnc1NCC1CCCCO1. The van der Waals surface area contributed by atoms with Crippen LogP contribution in [0.2, 0.25) is 0 Å². The number of ether oxygens (including phenoxy) is 1. The predicted molar refractivity (Wildman–Crippen MR) is 58.8 cm³/mol. The summed E-state index contributed by atoms with van der Waals surface area (Å²) in [6, 6.07) is 2.01. The molecular formula is C11H14N4O. The molecule has 1 N–H and O–H groups in total. The van der Waals surface area contributed by atoms with Crippen LogP contribution in [0.15, 0.2) is 12.4 Å². The molecule has 1 aliphatic rings. The highest BCUT2D eigenvalue weighted by Gasteiger charge is 2.14. The third kappa shape index (κ3) is 2.67. The average molecular weight is 218 g/mol. The number of aromatic nitrogens is 2. The van der Waals surface area contributed by atoms with Crippen LogP contribution >= 0.6 is 0 Å². The molecule has 16 heavy (non-hydrogen) atoms. The lowest BCUT2D eigenvalue weighted by Gasteiger charge is -2.22. The van der Waals surface area contributed by atoms with Gasteiger partial charge in [0, 0.05) is 25.5 Å².